The highest BCUT2D eigenvalue weighted by Gasteiger charge is 2.53. The molecular formula is C50H33NO. The second kappa shape index (κ2) is 10.9. The molecule has 0 bridgehead atoms. The Bertz CT molecular complexity index is 2850. The van der Waals surface area contributed by atoms with E-state index >= 15 is 0 Å². The van der Waals surface area contributed by atoms with Crippen molar-refractivity contribution in [2.24, 2.45) is 0 Å². The number of fused-ring (bicyclic) bond motifs is 14. The summed E-state index contributed by atoms with van der Waals surface area (Å²) in [5.41, 5.74) is 18.5. The van der Waals surface area contributed by atoms with E-state index in [4.69, 9.17) is 4.42 Å². The van der Waals surface area contributed by atoms with Crippen LogP contribution in [0.15, 0.2) is 186 Å². The average Bonchev–Trinajstić information content (AvgIpc) is 3.83. The molecule has 0 fully saturated rings. The predicted octanol–water partition coefficient (Wildman–Crippen LogP) is 13.4. The third-order valence-electron chi connectivity index (χ3n) is 11.3. The Kier molecular flexibility index (Phi) is 6.12. The highest BCUT2D eigenvalue weighted by atomic mass is 16.3. The van der Waals surface area contributed by atoms with Crippen LogP contribution < -0.4 is 4.90 Å². The van der Waals surface area contributed by atoms with Gasteiger partial charge in [-0.15, -0.1) is 0 Å². The summed E-state index contributed by atoms with van der Waals surface area (Å²) in [5, 5.41) is 2.30. The summed E-state index contributed by atoms with van der Waals surface area (Å²) in [6.45, 7) is 2.14. The van der Waals surface area contributed by atoms with Crippen molar-refractivity contribution in [3.05, 3.63) is 210 Å². The molecule has 0 radical (unpaired) electrons. The molecule has 8 aromatic carbocycles. The highest BCUT2D eigenvalue weighted by Crippen LogP contribution is 2.65. The predicted molar refractivity (Wildman–Crippen MR) is 215 cm³/mol. The fraction of sp³-hybridized carbons (Fsp3) is 0.0400. The van der Waals surface area contributed by atoms with Gasteiger partial charge in [0, 0.05) is 33.4 Å². The van der Waals surface area contributed by atoms with Gasteiger partial charge in [0.05, 0.1) is 5.41 Å². The summed E-state index contributed by atoms with van der Waals surface area (Å²) >= 11 is 0. The lowest BCUT2D eigenvalue weighted by molar-refractivity contribution is 0.669. The molecule has 2 aliphatic carbocycles. The van der Waals surface area contributed by atoms with E-state index < -0.39 is 5.41 Å². The lowest BCUT2D eigenvalue weighted by Crippen LogP contribution is -2.26. The molecule has 0 N–H and O–H groups in total. The smallest absolute Gasteiger partial charge is 0.143 e. The summed E-state index contributed by atoms with van der Waals surface area (Å²) in [7, 11) is 0. The first-order valence-corrected chi connectivity index (χ1v) is 18.0. The number of anilines is 3. The second-order valence-corrected chi connectivity index (χ2v) is 14.1. The Morgan fingerprint density at radius 3 is 1.90 bits per heavy atom. The molecule has 2 nitrogen and oxygen atoms in total. The largest absolute Gasteiger partial charge is 0.455 e. The van der Waals surface area contributed by atoms with Crippen LogP contribution in [-0.2, 0) is 5.41 Å². The molecule has 2 heteroatoms. The molecule has 9 aromatic rings. The molecule has 0 saturated carbocycles. The number of nitrogens with zero attached hydrogens (tertiary/aromatic N) is 1. The van der Waals surface area contributed by atoms with Crippen LogP contribution in [-0.4, -0.2) is 0 Å². The highest BCUT2D eigenvalue weighted by molar-refractivity contribution is 6.13. The minimum absolute atomic E-state index is 0.555. The van der Waals surface area contributed by atoms with E-state index in [0.29, 0.717) is 0 Å². The van der Waals surface area contributed by atoms with Gasteiger partial charge in [0.2, 0.25) is 0 Å². The molecule has 1 heterocycles. The van der Waals surface area contributed by atoms with Crippen molar-refractivity contribution in [3.63, 3.8) is 0 Å². The Balaban J connectivity index is 1.25. The molecule has 1 aromatic heterocycles. The number of aryl methyl sites for hydroxylation is 1. The summed E-state index contributed by atoms with van der Waals surface area (Å²) < 4.78 is 6.80. The lowest BCUT2D eigenvalue weighted by Gasteiger charge is -2.32. The van der Waals surface area contributed by atoms with Crippen molar-refractivity contribution in [1.29, 1.82) is 0 Å². The molecule has 52 heavy (non-hydrogen) atoms. The molecule has 0 saturated heterocycles. The van der Waals surface area contributed by atoms with Crippen LogP contribution in [0.5, 0.6) is 0 Å². The van der Waals surface area contributed by atoms with Gasteiger partial charge in [-0.25, -0.2) is 0 Å². The molecule has 244 valence electrons. The third kappa shape index (κ3) is 3.95. The van der Waals surface area contributed by atoms with Crippen LogP contribution in [0.1, 0.15) is 27.8 Å². The minimum Gasteiger partial charge on any atom is -0.455 e. The first kappa shape index (κ1) is 29.1. The second-order valence-electron chi connectivity index (χ2n) is 14.1. The fourth-order valence-electron chi connectivity index (χ4n) is 9.10. The summed E-state index contributed by atoms with van der Waals surface area (Å²) in [6.07, 6.45) is 0. The van der Waals surface area contributed by atoms with E-state index in [2.05, 4.69) is 194 Å². The van der Waals surface area contributed by atoms with E-state index in [9.17, 15) is 0 Å². The quantitative estimate of drug-likeness (QED) is 0.186. The average molecular weight is 664 g/mol. The van der Waals surface area contributed by atoms with Crippen molar-refractivity contribution in [3.8, 4) is 33.4 Å². The molecule has 0 amide bonds. The van der Waals surface area contributed by atoms with Gasteiger partial charge < -0.3 is 9.32 Å². The van der Waals surface area contributed by atoms with Gasteiger partial charge in [-0.05, 0) is 106 Å². The van der Waals surface area contributed by atoms with Crippen LogP contribution in [0.4, 0.5) is 17.1 Å². The zero-order valence-electron chi connectivity index (χ0n) is 28.7. The number of furan rings is 1. The molecule has 0 aliphatic heterocycles. The Hall–Kier alpha value is -6.64. The summed E-state index contributed by atoms with van der Waals surface area (Å²) in [4.78, 5) is 2.38. The van der Waals surface area contributed by atoms with E-state index in [1.165, 1.54) is 61.2 Å². The van der Waals surface area contributed by atoms with E-state index in [1.807, 2.05) is 0 Å². The molecule has 11 rings (SSSR count). The maximum atomic E-state index is 6.80. The molecule has 1 atom stereocenters. The topological polar surface area (TPSA) is 16.4 Å². The zero-order chi connectivity index (χ0) is 34.4. The van der Waals surface area contributed by atoms with Gasteiger partial charge in [0.1, 0.15) is 11.2 Å². The molecule has 1 unspecified atom stereocenters. The first-order valence-electron chi connectivity index (χ1n) is 18.0. The maximum absolute atomic E-state index is 6.80. The molecule has 1 spiro atoms. The lowest BCUT2D eigenvalue weighted by atomic mass is 9.70. The van der Waals surface area contributed by atoms with Crippen molar-refractivity contribution >= 4 is 39.0 Å². The zero-order valence-corrected chi connectivity index (χ0v) is 28.7. The summed E-state index contributed by atoms with van der Waals surface area (Å²) in [5.74, 6) is 0. The standard InChI is InChI=1S/C50H33NO/c1-32-20-23-36(24-21-32)51(35-14-6-3-7-15-35)37-25-27-39-38-26-22-34(33-12-4-2-5-13-33)30-45(38)50(46(39)31-37)43-18-10-8-17-42(43)48-44(50)29-28-41-40-16-9-11-19-47(40)52-49(41)48/h2-31H,1H3. The van der Waals surface area contributed by atoms with Gasteiger partial charge >= 0.3 is 0 Å². The van der Waals surface area contributed by atoms with Crippen molar-refractivity contribution < 1.29 is 4.42 Å². The first-order chi connectivity index (χ1) is 25.7. The van der Waals surface area contributed by atoms with Crippen molar-refractivity contribution in [1.82, 2.24) is 0 Å². The number of para-hydroxylation sites is 2. The van der Waals surface area contributed by atoms with Gasteiger partial charge in [0.15, 0.2) is 0 Å². The number of hydrogen-bond donors (Lipinski definition) is 0. The van der Waals surface area contributed by atoms with Gasteiger partial charge in [-0.3, -0.25) is 0 Å². The normalized spacial score (nSPS) is 15.1. The summed E-state index contributed by atoms with van der Waals surface area (Å²) in [6, 6.07) is 66.6. The Labute approximate surface area is 302 Å². The van der Waals surface area contributed by atoms with Crippen LogP contribution in [0.25, 0.3) is 55.3 Å². The third-order valence-corrected chi connectivity index (χ3v) is 11.3. The van der Waals surface area contributed by atoms with Crippen LogP contribution in [0.2, 0.25) is 0 Å². The monoisotopic (exact) mass is 663 g/mol. The van der Waals surface area contributed by atoms with Gasteiger partial charge in [0.25, 0.3) is 0 Å². The van der Waals surface area contributed by atoms with Crippen molar-refractivity contribution in [2.45, 2.75) is 12.3 Å². The van der Waals surface area contributed by atoms with Crippen LogP contribution in [0.3, 0.4) is 0 Å². The van der Waals surface area contributed by atoms with Crippen LogP contribution >= 0.6 is 0 Å². The number of rotatable bonds is 4. The number of benzene rings is 8. The minimum atomic E-state index is -0.555. The Morgan fingerprint density at radius 1 is 0.423 bits per heavy atom. The van der Waals surface area contributed by atoms with E-state index in [-0.39, 0.29) is 0 Å². The van der Waals surface area contributed by atoms with Crippen LogP contribution in [0, 0.1) is 6.92 Å². The van der Waals surface area contributed by atoms with Gasteiger partial charge in [-0.2, -0.15) is 0 Å². The fourth-order valence-corrected chi connectivity index (χ4v) is 9.10. The van der Waals surface area contributed by atoms with E-state index in [0.717, 1.165) is 39.0 Å². The Morgan fingerprint density at radius 2 is 1.08 bits per heavy atom. The maximum Gasteiger partial charge on any atom is 0.143 e. The SMILES string of the molecule is Cc1ccc(N(c2ccccc2)c2ccc3c(c2)C2(c4cc(-c5ccccc5)ccc4-3)c3ccccc3-c3c2ccc2c3oc3ccccc32)cc1. The van der Waals surface area contributed by atoms with Crippen molar-refractivity contribution in [2.75, 3.05) is 4.90 Å². The van der Waals surface area contributed by atoms with E-state index in [1.54, 1.807) is 0 Å². The molecule has 2 aliphatic rings. The number of hydrogen-bond acceptors (Lipinski definition) is 2. The molecular weight excluding hydrogens is 631 g/mol. The van der Waals surface area contributed by atoms with Gasteiger partial charge in [-0.1, -0.05) is 139 Å².